The van der Waals surface area contributed by atoms with E-state index in [1.807, 2.05) is 30.3 Å². The fraction of sp³-hybridized carbons (Fsp3) is 0.417. The smallest absolute Gasteiger partial charge is 0.253 e. The van der Waals surface area contributed by atoms with Crippen LogP contribution in [-0.4, -0.2) is 17.7 Å². The maximum absolute atomic E-state index is 11.7. The van der Waals surface area contributed by atoms with Crippen molar-refractivity contribution < 1.29 is 9.53 Å². The van der Waals surface area contributed by atoms with E-state index in [0.717, 1.165) is 5.56 Å². The number of carbonyl (C=O) groups excluding carboxylic acids is 1. The number of hydrogen-bond acceptors (Lipinski definition) is 2. The van der Waals surface area contributed by atoms with Crippen LogP contribution >= 0.6 is 11.6 Å². The molecule has 4 heteroatoms. The summed E-state index contributed by atoms with van der Waals surface area (Å²) in [5.41, 5.74) is 0.256. The molecule has 1 aromatic carbocycles. The van der Waals surface area contributed by atoms with Gasteiger partial charge in [-0.1, -0.05) is 30.3 Å². The summed E-state index contributed by atoms with van der Waals surface area (Å²) in [5, 5.41) is 2.29. The summed E-state index contributed by atoms with van der Waals surface area (Å²) in [7, 11) is 0. The fourth-order valence-electron chi connectivity index (χ4n) is 1.77. The maximum Gasteiger partial charge on any atom is 0.253 e. The van der Waals surface area contributed by atoms with Crippen LogP contribution in [0.3, 0.4) is 0 Å². The van der Waals surface area contributed by atoms with E-state index in [0.29, 0.717) is 0 Å². The number of halogens is 1. The largest absolute Gasteiger partial charge is 0.341 e. The predicted octanol–water partition coefficient (Wildman–Crippen LogP) is 2.22. The van der Waals surface area contributed by atoms with E-state index in [-0.39, 0.29) is 5.91 Å². The molecule has 16 heavy (non-hydrogen) atoms. The van der Waals surface area contributed by atoms with E-state index < -0.39 is 17.2 Å². The van der Waals surface area contributed by atoms with Gasteiger partial charge in [0.2, 0.25) is 0 Å². The van der Waals surface area contributed by atoms with E-state index in [4.69, 9.17) is 16.3 Å². The lowest BCUT2D eigenvalue weighted by Gasteiger charge is -2.19. The summed E-state index contributed by atoms with van der Waals surface area (Å²) >= 11 is 6.25. The monoisotopic (exact) mass is 239 g/mol. The second kappa shape index (κ2) is 4.07. The number of carbonyl (C=O) groups is 1. The van der Waals surface area contributed by atoms with Gasteiger partial charge in [-0.2, -0.15) is 0 Å². The first-order valence-electron chi connectivity index (χ1n) is 5.18. The first-order chi connectivity index (χ1) is 7.49. The molecular formula is C12H14ClNO2. The molecule has 0 aliphatic carbocycles. The zero-order valence-corrected chi connectivity index (χ0v) is 9.99. The molecule has 0 radical (unpaired) electrons. The lowest BCUT2D eigenvalue weighted by molar-refractivity contribution is -0.124. The lowest BCUT2D eigenvalue weighted by atomic mass is 10.1. The standard InChI is InChI=1S/C12H14ClNO2/c1-12(2)14-11(15)10(16-12)9(13)8-6-4-3-5-7-8/h3-7,9-10H,1-2H3,(H,14,15). The average molecular weight is 240 g/mol. The lowest BCUT2D eigenvalue weighted by Crippen LogP contribution is -2.35. The minimum Gasteiger partial charge on any atom is -0.341 e. The Balaban J connectivity index is 2.18. The normalized spacial score (nSPS) is 25.2. The first kappa shape index (κ1) is 11.4. The Bertz CT molecular complexity index is 391. The van der Waals surface area contributed by atoms with Crippen molar-refractivity contribution in [1.29, 1.82) is 0 Å². The van der Waals surface area contributed by atoms with Crippen LogP contribution in [0.25, 0.3) is 0 Å². The summed E-state index contributed by atoms with van der Waals surface area (Å²) in [6, 6.07) is 9.47. The Morgan fingerprint density at radius 3 is 2.50 bits per heavy atom. The summed E-state index contributed by atoms with van der Waals surface area (Å²) < 4.78 is 5.58. The average Bonchev–Trinajstić information content (AvgIpc) is 2.52. The van der Waals surface area contributed by atoms with Crippen LogP contribution in [0.2, 0.25) is 0 Å². The number of amides is 1. The Morgan fingerprint density at radius 2 is 2.00 bits per heavy atom. The molecule has 1 aromatic rings. The molecule has 0 bridgehead atoms. The van der Waals surface area contributed by atoms with Crippen LogP contribution in [0, 0.1) is 0 Å². The fourth-order valence-corrected chi connectivity index (χ4v) is 2.08. The van der Waals surface area contributed by atoms with Crippen molar-refractivity contribution in [3.05, 3.63) is 35.9 Å². The summed E-state index contributed by atoms with van der Waals surface area (Å²) in [6.07, 6.45) is -0.626. The van der Waals surface area contributed by atoms with Gasteiger partial charge in [-0.25, -0.2) is 0 Å². The van der Waals surface area contributed by atoms with Crippen molar-refractivity contribution in [1.82, 2.24) is 5.32 Å². The van der Waals surface area contributed by atoms with Crippen LogP contribution < -0.4 is 5.32 Å². The Hall–Kier alpha value is -1.06. The van der Waals surface area contributed by atoms with E-state index in [1.54, 1.807) is 13.8 Å². The Morgan fingerprint density at radius 1 is 1.38 bits per heavy atom. The molecule has 1 heterocycles. The van der Waals surface area contributed by atoms with Gasteiger partial charge in [0, 0.05) is 0 Å². The highest BCUT2D eigenvalue weighted by atomic mass is 35.5. The second-order valence-electron chi connectivity index (χ2n) is 4.35. The number of nitrogens with one attached hydrogen (secondary N) is 1. The summed E-state index contributed by atoms with van der Waals surface area (Å²) in [5.74, 6) is -0.158. The second-order valence-corrected chi connectivity index (χ2v) is 4.82. The van der Waals surface area contributed by atoms with Gasteiger partial charge in [0.05, 0.1) is 5.38 Å². The van der Waals surface area contributed by atoms with Crippen molar-refractivity contribution in [2.24, 2.45) is 0 Å². The van der Waals surface area contributed by atoms with Crippen molar-refractivity contribution in [3.63, 3.8) is 0 Å². The molecule has 0 saturated carbocycles. The van der Waals surface area contributed by atoms with Crippen molar-refractivity contribution >= 4 is 17.5 Å². The van der Waals surface area contributed by atoms with E-state index in [2.05, 4.69) is 5.32 Å². The topological polar surface area (TPSA) is 38.3 Å². The molecule has 1 saturated heterocycles. The van der Waals surface area contributed by atoms with Crippen LogP contribution in [0.15, 0.2) is 30.3 Å². The zero-order valence-electron chi connectivity index (χ0n) is 9.24. The zero-order chi connectivity index (χ0) is 11.8. The minimum atomic E-state index is -0.635. The molecule has 1 N–H and O–H groups in total. The first-order valence-corrected chi connectivity index (χ1v) is 5.62. The molecule has 1 aliphatic rings. The van der Waals surface area contributed by atoms with E-state index >= 15 is 0 Å². The highest BCUT2D eigenvalue weighted by Gasteiger charge is 2.42. The molecule has 2 rings (SSSR count). The third-order valence-electron chi connectivity index (χ3n) is 2.49. The van der Waals surface area contributed by atoms with Crippen LogP contribution in [0.5, 0.6) is 0 Å². The van der Waals surface area contributed by atoms with E-state index in [1.165, 1.54) is 0 Å². The van der Waals surface area contributed by atoms with Crippen molar-refractivity contribution in [2.75, 3.05) is 0 Å². The number of rotatable bonds is 2. The molecule has 1 amide bonds. The molecule has 1 aliphatic heterocycles. The quantitative estimate of drug-likeness (QED) is 0.804. The van der Waals surface area contributed by atoms with Crippen LogP contribution in [0.1, 0.15) is 24.8 Å². The number of hydrogen-bond donors (Lipinski definition) is 1. The molecule has 1 fully saturated rings. The van der Waals surface area contributed by atoms with Gasteiger partial charge in [0.25, 0.3) is 5.91 Å². The summed E-state index contributed by atoms with van der Waals surface area (Å²) in [6.45, 7) is 3.61. The van der Waals surface area contributed by atoms with Gasteiger partial charge >= 0.3 is 0 Å². The maximum atomic E-state index is 11.7. The third kappa shape index (κ3) is 2.20. The van der Waals surface area contributed by atoms with E-state index in [9.17, 15) is 4.79 Å². The number of benzene rings is 1. The minimum absolute atomic E-state index is 0.158. The number of ether oxygens (including phenoxy) is 1. The molecule has 2 unspecified atom stereocenters. The predicted molar refractivity (Wildman–Crippen MR) is 62.1 cm³/mol. The Labute approximate surface area is 99.7 Å². The highest BCUT2D eigenvalue weighted by molar-refractivity contribution is 6.22. The van der Waals surface area contributed by atoms with Gasteiger partial charge in [-0.3, -0.25) is 4.79 Å². The molecule has 2 atom stereocenters. The molecular weight excluding hydrogens is 226 g/mol. The van der Waals surface area contributed by atoms with Gasteiger partial charge in [-0.15, -0.1) is 11.6 Å². The van der Waals surface area contributed by atoms with Gasteiger partial charge in [0.15, 0.2) is 6.10 Å². The van der Waals surface area contributed by atoms with Crippen molar-refractivity contribution in [2.45, 2.75) is 31.1 Å². The Kier molecular flexibility index (Phi) is 2.91. The van der Waals surface area contributed by atoms with Gasteiger partial charge in [0.1, 0.15) is 5.72 Å². The third-order valence-corrected chi connectivity index (χ3v) is 2.97. The molecule has 86 valence electrons. The molecule has 0 aromatic heterocycles. The highest BCUT2D eigenvalue weighted by Crippen LogP contribution is 2.32. The van der Waals surface area contributed by atoms with Crippen LogP contribution in [-0.2, 0) is 9.53 Å². The molecule has 0 spiro atoms. The van der Waals surface area contributed by atoms with Crippen molar-refractivity contribution in [3.8, 4) is 0 Å². The van der Waals surface area contributed by atoms with Gasteiger partial charge < -0.3 is 10.1 Å². The molecule has 3 nitrogen and oxygen atoms in total. The van der Waals surface area contributed by atoms with Gasteiger partial charge in [-0.05, 0) is 19.4 Å². The number of alkyl halides is 1. The van der Waals surface area contributed by atoms with Crippen LogP contribution in [0.4, 0.5) is 0 Å². The summed E-state index contributed by atoms with van der Waals surface area (Å²) in [4.78, 5) is 11.7. The SMILES string of the molecule is CC1(C)NC(=O)C(C(Cl)c2ccccc2)O1.